The van der Waals surface area contributed by atoms with Crippen molar-refractivity contribution in [2.24, 2.45) is 11.3 Å². The third kappa shape index (κ3) is 3.62. The molecule has 1 rings (SSSR count). The minimum atomic E-state index is -0.890. The van der Waals surface area contributed by atoms with Crippen LogP contribution in [0.15, 0.2) is 0 Å². The van der Waals surface area contributed by atoms with Crippen LogP contribution in [0.5, 0.6) is 0 Å². The van der Waals surface area contributed by atoms with Crippen molar-refractivity contribution in [2.45, 2.75) is 46.1 Å². The zero-order chi connectivity index (χ0) is 15.3. The van der Waals surface area contributed by atoms with Crippen LogP contribution in [0.25, 0.3) is 0 Å². The fourth-order valence-electron chi connectivity index (χ4n) is 2.60. The van der Waals surface area contributed by atoms with Crippen LogP contribution in [0, 0.1) is 11.3 Å². The van der Waals surface area contributed by atoms with Crippen molar-refractivity contribution in [2.75, 3.05) is 19.6 Å². The number of rotatable bonds is 6. The van der Waals surface area contributed by atoms with E-state index >= 15 is 0 Å². The van der Waals surface area contributed by atoms with Crippen LogP contribution < -0.4 is 5.32 Å². The van der Waals surface area contributed by atoms with Gasteiger partial charge >= 0.3 is 12.0 Å². The van der Waals surface area contributed by atoms with Crippen molar-refractivity contribution in [3.63, 3.8) is 0 Å². The van der Waals surface area contributed by atoms with Gasteiger partial charge in [-0.05, 0) is 26.2 Å². The highest BCUT2D eigenvalue weighted by Gasteiger charge is 2.36. The van der Waals surface area contributed by atoms with Gasteiger partial charge in [-0.15, -0.1) is 0 Å². The van der Waals surface area contributed by atoms with Crippen LogP contribution in [0.1, 0.15) is 40.0 Å². The summed E-state index contributed by atoms with van der Waals surface area (Å²) >= 11 is 0. The van der Waals surface area contributed by atoms with Crippen LogP contribution in [0.4, 0.5) is 4.79 Å². The first-order valence-electron chi connectivity index (χ1n) is 7.30. The second-order valence-corrected chi connectivity index (χ2v) is 5.69. The second kappa shape index (κ2) is 6.92. The average molecular weight is 286 g/mol. The number of nitrogens with zero attached hydrogens (tertiary/aromatic N) is 1. The highest BCUT2D eigenvalue weighted by Crippen LogP contribution is 2.26. The van der Waals surface area contributed by atoms with Gasteiger partial charge in [0.15, 0.2) is 0 Å². The Labute approximate surface area is 120 Å². The number of nitrogens with one attached hydrogen (secondary N) is 1. The van der Waals surface area contributed by atoms with E-state index in [1.165, 1.54) is 0 Å². The molecule has 1 heterocycles. The quantitative estimate of drug-likeness (QED) is 0.686. The summed E-state index contributed by atoms with van der Waals surface area (Å²) in [7, 11) is 0. The maximum Gasteiger partial charge on any atom is 0.317 e. The normalized spacial score (nSPS) is 20.8. The van der Waals surface area contributed by atoms with E-state index in [0.29, 0.717) is 25.9 Å². The number of hydrogen-bond donors (Lipinski definition) is 3. The monoisotopic (exact) mass is 286 g/mol. The number of aliphatic hydroxyl groups is 1. The summed E-state index contributed by atoms with van der Waals surface area (Å²) in [6.45, 7) is 6.66. The molecule has 2 unspecified atom stereocenters. The van der Waals surface area contributed by atoms with Gasteiger partial charge < -0.3 is 20.4 Å². The van der Waals surface area contributed by atoms with E-state index in [4.69, 9.17) is 0 Å². The fourth-order valence-corrected chi connectivity index (χ4v) is 2.60. The van der Waals surface area contributed by atoms with E-state index < -0.39 is 17.5 Å². The van der Waals surface area contributed by atoms with Gasteiger partial charge in [0.1, 0.15) is 0 Å². The molecule has 0 bridgehead atoms. The standard InChI is InChI=1S/C14H26N2O4/c1-4-14(5-2,12(18)19)9-15-13(20)16-7-6-11(8-16)10(3)17/h10-11,17H,4-9H2,1-3H3,(H,15,20)(H,18,19). The molecule has 6 heteroatoms. The van der Waals surface area contributed by atoms with E-state index in [1.807, 2.05) is 13.8 Å². The molecular formula is C14H26N2O4. The molecule has 0 saturated carbocycles. The highest BCUT2D eigenvalue weighted by atomic mass is 16.4. The van der Waals surface area contributed by atoms with E-state index in [9.17, 15) is 19.8 Å². The summed E-state index contributed by atoms with van der Waals surface area (Å²) < 4.78 is 0. The lowest BCUT2D eigenvalue weighted by Gasteiger charge is -2.28. The molecule has 20 heavy (non-hydrogen) atoms. The van der Waals surface area contributed by atoms with E-state index in [-0.39, 0.29) is 18.5 Å². The molecule has 2 atom stereocenters. The number of aliphatic carboxylic acids is 1. The first-order chi connectivity index (χ1) is 9.36. The molecule has 0 radical (unpaired) electrons. The number of carbonyl (C=O) groups is 2. The van der Waals surface area contributed by atoms with Crippen molar-refractivity contribution in [1.82, 2.24) is 10.2 Å². The maximum atomic E-state index is 12.1. The van der Waals surface area contributed by atoms with Crippen LogP contribution >= 0.6 is 0 Å². The summed E-state index contributed by atoms with van der Waals surface area (Å²) in [5.41, 5.74) is -0.890. The molecule has 0 aromatic heterocycles. The Balaban J connectivity index is 2.53. The minimum absolute atomic E-state index is 0.113. The Bertz CT molecular complexity index is 353. The lowest BCUT2D eigenvalue weighted by molar-refractivity contribution is -0.149. The summed E-state index contributed by atoms with van der Waals surface area (Å²) in [6.07, 6.45) is 1.33. The van der Waals surface area contributed by atoms with Crippen LogP contribution in [-0.2, 0) is 4.79 Å². The van der Waals surface area contributed by atoms with Gasteiger partial charge in [-0.2, -0.15) is 0 Å². The molecule has 1 fully saturated rings. The van der Waals surface area contributed by atoms with Gasteiger partial charge in [0.2, 0.25) is 0 Å². The van der Waals surface area contributed by atoms with Gasteiger partial charge in [0, 0.05) is 25.6 Å². The summed E-state index contributed by atoms with van der Waals surface area (Å²) in [5.74, 6) is -0.756. The van der Waals surface area contributed by atoms with E-state index in [1.54, 1.807) is 11.8 Å². The molecule has 0 aliphatic carbocycles. The Morgan fingerprint density at radius 3 is 2.40 bits per heavy atom. The van der Waals surface area contributed by atoms with Crippen molar-refractivity contribution in [3.05, 3.63) is 0 Å². The first kappa shape index (κ1) is 16.8. The minimum Gasteiger partial charge on any atom is -0.481 e. The predicted octanol–water partition coefficient (Wildman–Crippen LogP) is 1.29. The van der Waals surface area contributed by atoms with Gasteiger partial charge in [0.05, 0.1) is 11.5 Å². The van der Waals surface area contributed by atoms with Crippen LogP contribution in [0.3, 0.4) is 0 Å². The lowest BCUT2D eigenvalue weighted by atomic mass is 9.82. The summed E-state index contributed by atoms with van der Waals surface area (Å²) in [5, 5.41) is 21.6. The molecule has 2 amide bonds. The number of carboxylic acids is 1. The Hall–Kier alpha value is -1.30. The lowest BCUT2D eigenvalue weighted by Crippen LogP contribution is -2.47. The zero-order valence-electron chi connectivity index (χ0n) is 12.6. The Morgan fingerprint density at radius 1 is 1.40 bits per heavy atom. The van der Waals surface area contributed by atoms with Crippen LogP contribution in [-0.4, -0.2) is 52.9 Å². The smallest absolute Gasteiger partial charge is 0.317 e. The third-order valence-corrected chi connectivity index (χ3v) is 4.58. The maximum absolute atomic E-state index is 12.1. The molecule has 1 aliphatic heterocycles. The number of carbonyl (C=O) groups excluding carboxylic acids is 1. The molecule has 0 aromatic rings. The van der Waals surface area contributed by atoms with Crippen molar-refractivity contribution in [3.8, 4) is 0 Å². The molecule has 6 nitrogen and oxygen atoms in total. The number of hydrogen-bond acceptors (Lipinski definition) is 3. The van der Waals surface area contributed by atoms with Gasteiger partial charge in [0.25, 0.3) is 0 Å². The number of urea groups is 1. The summed E-state index contributed by atoms with van der Waals surface area (Å²) in [4.78, 5) is 25.1. The van der Waals surface area contributed by atoms with Crippen molar-refractivity contribution >= 4 is 12.0 Å². The molecule has 3 N–H and O–H groups in total. The third-order valence-electron chi connectivity index (χ3n) is 4.58. The first-order valence-corrected chi connectivity index (χ1v) is 7.30. The summed E-state index contributed by atoms with van der Waals surface area (Å²) in [6, 6.07) is -0.235. The van der Waals surface area contributed by atoms with E-state index in [2.05, 4.69) is 5.32 Å². The molecule has 0 spiro atoms. The topological polar surface area (TPSA) is 89.9 Å². The second-order valence-electron chi connectivity index (χ2n) is 5.69. The van der Waals surface area contributed by atoms with Gasteiger partial charge in [-0.1, -0.05) is 13.8 Å². The van der Waals surface area contributed by atoms with Crippen molar-refractivity contribution < 1.29 is 19.8 Å². The van der Waals surface area contributed by atoms with E-state index in [0.717, 1.165) is 6.42 Å². The molecule has 116 valence electrons. The number of likely N-dealkylation sites (tertiary alicyclic amines) is 1. The molecule has 0 aromatic carbocycles. The fraction of sp³-hybridized carbons (Fsp3) is 0.857. The number of carboxylic acid groups (broad SMARTS) is 1. The highest BCUT2D eigenvalue weighted by molar-refractivity contribution is 5.78. The predicted molar refractivity (Wildman–Crippen MR) is 75.4 cm³/mol. The average Bonchev–Trinajstić information content (AvgIpc) is 2.89. The molecule has 1 saturated heterocycles. The Morgan fingerprint density at radius 2 is 2.00 bits per heavy atom. The zero-order valence-corrected chi connectivity index (χ0v) is 12.6. The largest absolute Gasteiger partial charge is 0.481 e. The molecular weight excluding hydrogens is 260 g/mol. The SMILES string of the molecule is CCC(CC)(CNC(=O)N1CCC(C(C)O)C1)C(=O)O. The van der Waals surface area contributed by atoms with Crippen molar-refractivity contribution in [1.29, 1.82) is 0 Å². The number of amides is 2. The number of aliphatic hydroxyl groups excluding tert-OH is 1. The van der Waals surface area contributed by atoms with Gasteiger partial charge in [-0.25, -0.2) is 4.79 Å². The van der Waals surface area contributed by atoms with Crippen LogP contribution in [0.2, 0.25) is 0 Å². The molecule has 1 aliphatic rings. The Kier molecular flexibility index (Phi) is 5.80. The van der Waals surface area contributed by atoms with Gasteiger partial charge in [-0.3, -0.25) is 4.79 Å².